The molecule has 54 valence electrons. The van der Waals surface area contributed by atoms with Crippen molar-refractivity contribution in [1.29, 1.82) is 0 Å². The molecule has 0 aromatic rings. The molecule has 0 saturated carbocycles. The molecule has 0 fully saturated rings. The smallest absolute Gasteiger partial charge is 0.0938 e. The van der Waals surface area contributed by atoms with Gasteiger partial charge in [-0.15, -0.1) is 0 Å². The molecule has 0 bridgehead atoms. The zero-order valence-corrected chi connectivity index (χ0v) is 8.98. The standard InChI is InChI=1S/C6H16OPSi/c1-6(2,3)8(7)9(4)5/h9H,1-5H3/q+1. The third-order valence-corrected chi connectivity index (χ3v) is 8.53. The van der Waals surface area contributed by atoms with Gasteiger partial charge in [-0.25, -0.2) is 0 Å². The Bertz CT molecular complexity index is 115. The van der Waals surface area contributed by atoms with Gasteiger partial charge in [0.15, 0.2) is 0 Å². The van der Waals surface area contributed by atoms with Gasteiger partial charge >= 0.3 is 8.46 Å². The van der Waals surface area contributed by atoms with Crippen LogP contribution in [0.3, 0.4) is 0 Å². The first-order valence-electron chi connectivity index (χ1n) is 3.32. The summed E-state index contributed by atoms with van der Waals surface area (Å²) in [6, 6.07) is 0. The normalized spacial score (nSPS) is 14.2. The second-order valence-corrected chi connectivity index (χ2v) is 12.3. The summed E-state index contributed by atoms with van der Waals surface area (Å²) in [7, 11) is -1.77. The fourth-order valence-corrected chi connectivity index (χ4v) is 6.97. The summed E-state index contributed by atoms with van der Waals surface area (Å²) in [6.07, 6.45) is 0. The molecule has 0 aliphatic carbocycles. The predicted molar refractivity (Wildman–Crippen MR) is 46.2 cm³/mol. The summed E-state index contributed by atoms with van der Waals surface area (Å²) in [5, 5.41) is 0.0513. The van der Waals surface area contributed by atoms with E-state index in [2.05, 4.69) is 33.9 Å². The molecule has 0 N–H and O–H groups in total. The lowest BCUT2D eigenvalue weighted by molar-refractivity contribution is 0.574. The molecule has 0 amide bonds. The van der Waals surface area contributed by atoms with Crippen LogP contribution < -0.4 is 0 Å². The molecule has 3 heteroatoms. The quantitative estimate of drug-likeness (QED) is 0.429. The van der Waals surface area contributed by atoms with Crippen LogP contribution in [0.4, 0.5) is 0 Å². The molecule has 0 aliphatic heterocycles. The van der Waals surface area contributed by atoms with Crippen molar-refractivity contribution in [3.63, 3.8) is 0 Å². The van der Waals surface area contributed by atoms with Crippen molar-refractivity contribution in [1.82, 2.24) is 0 Å². The highest BCUT2D eigenvalue weighted by atomic mass is 31.4. The third kappa shape index (κ3) is 3.12. The first-order valence-corrected chi connectivity index (χ1v) is 8.51. The molecule has 9 heavy (non-hydrogen) atoms. The van der Waals surface area contributed by atoms with Crippen LogP contribution in [0.5, 0.6) is 0 Å². The Morgan fingerprint density at radius 1 is 1.22 bits per heavy atom. The molecule has 0 radical (unpaired) electrons. The largest absolute Gasteiger partial charge is 0.321 e. The maximum absolute atomic E-state index is 11.4. The molecular formula is C6H16OPSi+. The van der Waals surface area contributed by atoms with Crippen LogP contribution in [0.1, 0.15) is 20.8 Å². The van der Waals surface area contributed by atoms with Crippen LogP contribution in [0.25, 0.3) is 0 Å². The van der Waals surface area contributed by atoms with Gasteiger partial charge in [-0.3, -0.25) is 0 Å². The van der Waals surface area contributed by atoms with Crippen molar-refractivity contribution >= 4 is 15.8 Å². The van der Waals surface area contributed by atoms with Crippen LogP contribution in [-0.2, 0) is 4.57 Å². The van der Waals surface area contributed by atoms with Crippen molar-refractivity contribution < 1.29 is 4.57 Å². The van der Waals surface area contributed by atoms with Crippen LogP contribution in [0, 0.1) is 0 Å². The Balaban J connectivity index is 4.06. The van der Waals surface area contributed by atoms with Gasteiger partial charge in [0.05, 0.1) is 0 Å². The second-order valence-electron chi connectivity index (χ2n) is 3.59. The van der Waals surface area contributed by atoms with Gasteiger partial charge in [-0.1, -0.05) is 4.57 Å². The SMILES string of the molecule is C[SiH](C)[P+](=O)C(C)(C)C. The van der Waals surface area contributed by atoms with E-state index in [1.54, 1.807) is 0 Å². The first-order chi connectivity index (χ1) is 3.85. The topological polar surface area (TPSA) is 17.1 Å². The van der Waals surface area contributed by atoms with E-state index in [9.17, 15) is 4.57 Å². The Kier molecular flexibility index (Phi) is 3.04. The molecular weight excluding hydrogens is 147 g/mol. The zero-order chi connectivity index (χ0) is 7.65. The molecule has 0 aliphatic rings. The Morgan fingerprint density at radius 3 is 1.56 bits per heavy atom. The average Bonchev–Trinajstić information content (AvgIpc) is 1.62. The van der Waals surface area contributed by atoms with Crippen molar-refractivity contribution in [3.8, 4) is 0 Å². The second kappa shape index (κ2) is 2.94. The van der Waals surface area contributed by atoms with E-state index in [0.717, 1.165) is 0 Å². The van der Waals surface area contributed by atoms with E-state index < -0.39 is 15.8 Å². The van der Waals surface area contributed by atoms with E-state index in [1.807, 2.05) is 0 Å². The van der Waals surface area contributed by atoms with Gasteiger partial charge in [0.1, 0.15) is 5.16 Å². The maximum Gasteiger partial charge on any atom is 0.321 e. The van der Waals surface area contributed by atoms with E-state index in [4.69, 9.17) is 0 Å². The summed E-state index contributed by atoms with van der Waals surface area (Å²) >= 11 is 0. The Hall–Kier alpha value is 0.317. The molecule has 0 heterocycles. The highest BCUT2D eigenvalue weighted by Crippen LogP contribution is 2.40. The van der Waals surface area contributed by atoms with Crippen LogP contribution in [0.15, 0.2) is 0 Å². The molecule has 0 spiro atoms. The van der Waals surface area contributed by atoms with Gasteiger partial charge in [0.2, 0.25) is 0 Å². The summed E-state index contributed by atoms with van der Waals surface area (Å²) < 4.78 is 11.4. The number of hydrogen-bond acceptors (Lipinski definition) is 1. The zero-order valence-electron chi connectivity index (χ0n) is 6.93. The van der Waals surface area contributed by atoms with E-state index in [-0.39, 0.29) is 5.16 Å². The highest BCUT2D eigenvalue weighted by molar-refractivity contribution is 7.81. The molecule has 1 atom stereocenters. The molecule has 1 unspecified atom stereocenters. The maximum atomic E-state index is 11.4. The summed E-state index contributed by atoms with van der Waals surface area (Å²) in [5.41, 5.74) is 0. The predicted octanol–water partition coefficient (Wildman–Crippen LogP) is 2.60. The summed E-state index contributed by atoms with van der Waals surface area (Å²) in [4.78, 5) is 0. The van der Waals surface area contributed by atoms with Crippen molar-refractivity contribution in [2.24, 2.45) is 0 Å². The number of rotatable bonds is 1. The lowest BCUT2D eigenvalue weighted by Gasteiger charge is -2.06. The average molecular weight is 163 g/mol. The minimum Gasteiger partial charge on any atom is -0.0938 e. The van der Waals surface area contributed by atoms with E-state index in [0.29, 0.717) is 0 Å². The Labute approximate surface area is 60.1 Å². The summed E-state index contributed by atoms with van der Waals surface area (Å²) in [5.74, 6) is 0. The van der Waals surface area contributed by atoms with Crippen LogP contribution in [0.2, 0.25) is 13.1 Å². The van der Waals surface area contributed by atoms with Gasteiger partial charge in [0.25, 0.3) is 7.35 Å². The minimum atomic E-state index is -0.892. The monoisotopic (exact) mass is 163 g/mol. The fraction of sp³-hybridized carbons (Fsp3) is 1.00. The molecule has 0 aromatic heterocycles. The first kappa shape index (κ1) is 9.32. The van der Waals surface area contributed by atoms with Crippen LogP contribution >= 0.6 is 7.35 Å². The lowest BCUT2D eigenvalue weighted by atomic mass is 10.3. The lowest BCUT2D eigenvalue weighted by Crippen LogP contribution is -2.13. The highest BCUT2D eigenvalue weighted by Gasteiger charge is 2.36. The van der Waals surface area contributed by atoms with Gasteiger partial charge in [0, 0.05) is 0 Å². The van der Waals surface area contributed by atoms with E-state index in [1.165, 1.54) is 0 Å². The Morgan fingerprint density at radius 2 is 1.56 bits per heavy atom. The van der Waals surface area contributed by atoms with Crippen LogP contribution in [-0.4, -0.2) is 13.6 Å². The van der Waals surface area contributed by atoms with Crippen molar-refractivity contribution in [3.05, 3.63) is 0 Å². The van der Waals surface area contributed by atoms with Crippen molar-refractivity contribution in [2.75, 3.05) is 0 Å². The number of hydrogen-bond donors (Lipinski definition) is 0. The minimum absolute atomic E-state index is 0.0513. The molecule has 0 aromatic carbocycles. The van der Waals surface area contributed by atoms with E-state index >= 15 is 0 Å². The van der Waals surface area contributed by atoms with Gasteiger partial charge in [-0.05, 0) is 33.9 Å². The molecule has 0 rings (SSSR count). The molecule has 0 saturated heterocycles. The molecule has 1 nitrogen and oxygen atoms in total. The van der Waals surface area contributed by atoms with Crippen molar-refractivity contribution in [2.45, 2.75) is 39.0 Å². The third-order valence-electron chi connectivity index (χ3n) is 1.13. The van der Waals surface area contributed by atoms with Gasteiger partial charge < -0.3 is 0 Å². The summed E-state index contributed by atoms with van der Waals surface area (Å²) in [6.45, 7) is 10.4. The van der Waals surface area contributed by atoms with Gasteiger partial charge in [-0.2, -0.15) is 0 Å². The fourth-order valence-electron chi connectivity index (χ4n) is 0.775.